The average Bonchev–Trinajstić information content (AvgIpc) is 2.61. The molecule has 0 radical (unpaired) electrons. The van der Waals surface area contributed by atoms with Crippen LogP contribution in [-0.4, -0.2) is 10.5 Å². The van der Waals surface area contributed by atoms with E-state index in [9.17, 15) is 0 Å². The maximum absolute atomic E-state index is 5.77. The monoisotopic (exact) mass is 342 g/mol. The van der Waals surface area contributed by atoms with Crippen molar-refractivity contribution in [3.05, 3.63) is 97.1 Å². The third-order valence-corrected chi connectivity index (χ3v) is 5.25. The molecule has 0 saturated heterocycles. The Kier molecular flexibility index (Phi) is 8.08. The van der Waals surface area contributed by atoms with Gasteiger partial charge in [0.05, 0.1) is 10.5 Å². The summed E-state index contributed by atoms with van der Waals surface area (Å²) < 4.78 is 5.77. The Bertz CT molecular complexity index is 530. The molecule has 2 rings (SSSR count). The molecule has 0 aliphatic carbocycles. The van der Waals surface area contributed by atoms with E-state index in [0.29, 0.717) is 0 Å². The van der Waals surface area contributed by atoms with Crippen LogP contribution < -0.4 is 0 Å². The van der Waals surface area contributed by atoms with Crippen LogP contribution in [0.4, 0.5) is 0 Å². The van der Waals surface area contributed by atoms with Crippen LogP contribution >= 0.6 is 24.1 Å². The fourth-order valence-electron chi connectivity index (χ4n) is 2.13. The van der Waals surface area contributed by atoms with Gasteiger partial charge in [-0.25, -0.2) is 3.63 Å². The number of hydrogen-bond acceptors (Lipinski definition) is 3. The molecule has 0 saturated carbocycles. The Morgan fingerprint density at radius 2 is 1.13 bits per heavy atom. The van der Waals surface area contributed by atoms with Gasteiger partial charge in [0.1, 0.15) is 0 Å². The van der Waals surface area contributed by atoms with E-state index in [0.717, 1.165) is 12.8 Å². The summed E-state index contributed by atoms with van der Waals surface area (Å²) in [6.45, 7) is 7.83. The smallest absolute Gasteiger partial charge is 0.0541 e. The third kappa shape index (κ3) is 6.69. The van der Waals surface area contributed by atoms with Gasteiger partial charge in [0.25, 0.3) is 0 Å². The standard InChI is InChI=1S/C20H22OS2/c1-3-19(15-17-11-7-5-8-12-17)22-21-23-20(4-2)16-18-13-9-6-10-14-18/h3-14,19-20H,1-2,15-16H2. The van der Waals surface area contributed by atoms with Gasteiger partial charge < -0.3 is 0 Å². The largest absolute Gasteiger partial charge is 0.246 e. The fourth-order valence-corrected chi connectivity index (χ4v) is 3.80. The minimum atomic E-state index is 0.243. The predicted octanol–water partition coefficient (Wildman–Crippen LogP) is 5.89. The van der Waals surface area contributed by atoms with Gasteiger partial charge in [-0.3, -0.25) is 0 Å². The van der Waals surface area contributed by atoms with E-state index in [1.54, 1.807) is 0 Å². The van der Waals surface area contributed by atoms with Crippen LogP contribution in [0, 0.1) is 0 Å². The lowest BCUT2D eigenvalue weighted by molar-refractivity contribution is 0.733. The third-order valence-electron chi connectivity index (χ3n) is 3.41. The summed E-state index contributed by atoms with van der Waals surface area (Å²) in [7, 11) is 0. The van der Waals surface area contributed by atoms with Gasteiger partial charge in [-0.1, -0.05) is 72.8 Å². The van der Waals surface area contributed by atoms with Crippen LogP contribution in [0.2, 0.25) is 0 Å². The molecule has 2 atom stereocenters. The highest BCUT2D eigenvalue weighted by atomic mass is 32.2. The SMILES string of the molecule is C=CC(Cc1ccccc1)SOSC(C=C)Cc1ccccc1. The minimum absolute atomic E-state index is 0.243. The van der Waals surface area contributed by atoms with Gasteiger partial charge in [-0.15, -0.1) is 13.2 Å². The second-order valence-electron chi connectivity index (χ2n) is 5.19. The molecule has 23 heavy (non-hydrogen) atoms. The summed E-state index contributed by atoms with van der Waals surface area (Å²) in [6, 6.07) is 20.8. The summed E-state index contributed by atoms with van der Waals surface area (Å²) in [4.78, 5) is 0. The lowest BCUT2D eigenvalue weighted by Gasteiger charge is -2.14. The van der Waals surface area contributed by atoms with Crippen LogP contribution in [0.3, 0.4) is 0 Å². The molecular weight excluding hydrogens is 320 g/mol. The zero-order valence-electron chi connectivity index (χ0n) is 13.1. The van der Waals surface area contributed by atoms with E-state index >= 15 is 0 Å². The van der Waals surface area contributed by atoms with Crippen molar-refractivity contribution in [3.63, 3.8) is 0 Å². The highest BCUT2D eigenvalue weighted by Crippen LogP contribution is 2.28. The molecule has 0 bridgehead atoms. The maximum atomic E-state index is 5.77. The van der Waals surface area contributed by atoms with Crippen LogP contribution in [-0.2, 0) is 16.5 Å². The maximum Gasteiger partial charge on any atom is 0.0541 e. The first-order valence-corrected chi connectivity index (χ1v) is 9.24. The van der Waals surface area contributed by atoms with Crippen molar-refractivity contribution >= 4 is 24.1 Å². The Labute approximate surface area is 148 Å². The summed E-state index contributed by atoms with van der Waals surface area (Å²) in [5, 5.41) is 0.485. The molecule has 1 nitrogen and oxygen atoms in total. The molecule has 2 aromatic carbocycles. The average molecular weight is 343 g/mol. The Morgan fingerprint density at radius 1 is 0.739 bits per heavy atom. The normalized spacial score (nSPS) is 13.2. The topological polar surface area (TPSA) is 9.23 Å². The van der Waals surface area contributed by atoms with E-state index in [1.165, 1.54) is 35.2 Å². The molecule has 0 spiro atoms. The first-order chi connectivity index (χ1) is 11.3. The molecule has 0 aromatic heterocycles. The first kappa shape index (κ1) is 17.9. The van der Waals surface area contributed by atoms with Crippen molar-refractivity contribution in [2.75, 3.05) is 0 Å². The second kappa shape index (κ2) is 10.4. The lowest BCUT2D eigenvalue weighted by atomic mass is 10.1. The van der Waals surface area contributed by atoms with Crippen LogP contribution in [0.1, 0.15) is 11.1 Å². The van der Waals surface area contributed by atoms with Crippen molar-refractivity contribution < 1.29 is 3.63 Å². The van der Waals surface area contributed by atoms with Gasteiger partial charge in [0, 0.05) is 24.1 Å². The molecule has 0 amide bonds. The van der Waals surface area contributed by atoms with Gasteiger partial charge in [0.2, 0.25) is 0 Å². The number of rotatable bonds is 10. The molecule has 0 heterocycles. The quantitative estimate of drug-likeness (QED) is 0.393. The van der Waals surface area contributed by atoms with Crippen LogP contribution in [0.25, 0.3) is 0 Å². The Morgan fingerprint density at radius 3 is 1.48 bits per heavy atom. The van der Waals surface area contributed by atoms with Crippen LogP contribution in [0.15, 0.2) is 86.0 Å². The van der Waals surface area contributed by atoms with E-state index in [2.05, 4.69) is 61.7 Å². The molecular formula is C20H22OS2. The molecule has 2 unspecified atom stereocenters. The minimum Gasteiger partial charge on any atom is -0.246 e. The highest BCUT2D eigenvalue weighted by molar-refractivity contribution is 8.08. The second-order valence-corrected chi connectivity index (χ2v) is 7.33. The molecule has 0 N–H and O–H groups in total. The Balaban J connectivity index is 1.77. The van der Waals surface area contributed by atoms with E-state index in [-0.39, 0.29) is 10.5 Å². The molecule has 120 valence electrons. The van der Waals surface area contributed by atoms with Crippen molar-refractivity contribution in [1.82, 2.24) is 0 Å². The van der Waals surface area contributed by atoms with Crippen molar-refractivity contribution in [1.29, 1.82) is 0 Å². The zero-order valence-corrected chi connectivity index (χ0v) is 14.8. The number of benzene rings is 2. The van der Waals surface area contributed by atoms with Crippen LogP contribution in [0.5, 0.6) is 0 Å². The number of hydrogen-bond donors (Lipinski definition) is 0. The Hall–Kier alpha value is -1.42. The van der Waals surface area contributed by atoms with Gasteiger partial charge in [-0.05, 0) is 24.0 Å². The molecule has 2 aromatic rings. The molecule has 3 heteroatoms. The van der Waals surface area contributed by atoms with Gasteiger partial charge in [-0.2, -0.15) is 0 Å². The summed E-state index contributed by atoms with van der Waals surface area (Å²) in [5.41, 5.74) is 2.59. The lowest BCUT2D eigenvalue weighted by Crippen LogP contribution is -2.06. The molecule has 0 aliphatic rings. The van der Waals surface area contributed by atoms with Crippen molar-refractivity contribution in [2.24, 2.45) is 0 Å². The van der Waals surface area contributed by atoms with E-state index in [4.69, 9.17) is 3.63 Å². The first-order valence-electron chi connectivity index (χ1n) is 7.63. The summed E-state index contributed by atoms with van der Waals surface area (Å²) in [6.07, 6.45) is 5.73. The molecule has 0 fully saturated rings. The van der Waals surface area contributed by atoms with Crippen molar-refractivity contribution in [2.45, 2.75) is 23.3 Å². The van der Waals surface area contributed by atoms with Gasteiger partial charge >= 0.3 is 0 Å². The highest BCUT2D eigenvalue weighted by Gasteiger charge is 2.11. The zero-order chi connectivity index (χ0) is 16.3. The van der Waals surface area contributed by atoms with E-state index < -0.39 is 0 Å². The fraction of sp³-hybridized carbons (Fsp3) is 0.200. The summed E-state index contributed by atoms with van der Waals surface area (Å²) >= 11 is 2.94. The summed E-state index contributed by atoms with van der Waals surface area (Å²) in [5.74, 6) is 0. The van der Waals surface area contributed by atoms with E-state index in [1.807, 2.05) is 24.3 Å². The van der Waals surface area contributed by atoms with Gasteiger partial charge in [0.15, 0.2) is 0 Å². The van der Waals surface area contributed by atoms with Crippen molar-refractivity contribution in [3.8, 4) is 0 Å². The molecule has 0 aliphatic heterocycles. The predicted molar refractivity (Wildman–Crippen MR) is 105 cm³/mol.